The normalized spacial score (nSPS) is 34.4. The zero-order valence-corrected chi connectivity index (χ0v) is 19.4. The van der Waals surface area contributed by atoms with Gasteiger partial charge in [-0.25, -0.2) is 4.99 Å². The van der Waals surface area contributed by atoms with E-state index < -0.39 is 5.54 Å². The maximum Gasteiger partial charge on any atom is 0.257 e. The number of nitrogens with zero attached hydrogens (tertiary/aromatic N) is 2. The molecule has 0 spiro atoms. The van der Waals surface area contributed by atoms with Gasteiger partial charge in [-0.2, -0.15) is 0 Å². The molecule has 3 atom stereocenters. The SMILES string of the molecule is CN1C(=O)[C@@](CCC2CCCCC2)(C[C@@H]2CCC[C@H](CC3CCCCC3)C2)N=C1N. The number of hydrogen-bond donors (Lipinski definition) is 1. The number of guanidine groups is 1. The van der Waals surface area contributed by atoms with Gasteiger partial charge in [0.2, 0.25) is 0 Å². The first kappa shape index (κ1) is 22.1. The molecule has 30 heavy (non-hydrogen) atoms. The van der Waals surface area contributed by atoms with E-state index in [1.54, 1.807) is 4.90 Å². The molecule has 4 rings (SSSR count). The Kier molecular flexibility index (Phi) is 7.41. The number of rotatable bonds is 7. The van der Waals surface area contributed by atoms with Crippen LogP contribution < -0.4 is 5.73 Å². The molecule has 0 radical (unpaired) electrons. The molecule has 3 fully saturated rings. The van der Waals surface area contributed by atoms with E-state index in [2.05, 4.69) is 0 Å². The predicted octanol–water partition coefficient (Wildman–Crippen LogP) is 6.04. The molecule has 0 saturated heterocycles. The second kappa shape index (κ2) is 10.0. The van der Waals surface area contributed by atoms with Gasteiger partial charge < -0.3 is 5.73 Å². The van der Waals surface area contributed by atoms with Gasteiger partial charge in [-0.05, 0) is 55.8 Å². The van der Waals surface area contributed by atoms with E-state index in [0.717, 1.165) is 37.0 Å². The quantitative estimate of drug-likeness (QED) is 0.551. The summed E-state index contributed by atoms with van der Waals surface area (Å²) in [5, 5.41) is 0. The summed E-state index contributed by atoms with van der Waals surface area (Å²) in [6, 6.07) is 0. The van der Waals surface area contributed by atoms with Gasteiger partial charge in [-0.1, -0.05) is 83.5 Å². The highest BCUT2D eigenvalue weighted by atomic mass is 16.2. The number of nitrogens with two attached hydrogens (primary N) is 1. The molecule has 0 aromatic carbocycles. The molecule has 3 aliphatic carbocycles. The Morgan fingerprint density at radius 3 is 2.10 bits per heavy atom. The van der Waals surface area contributed by atoms with Gasteiger partial charge >= 0.3 is 0 Å². The summed E-state index contributed by atoms with van der Waals surface area (Å²) in [5.74, 6) is 3.89. The summed E-state index contributed by atoms with van der Waals surface area (Å²) in [6.07, 6.45) is 23.8. The number of carbonyl (C=O) groups excluding carboxylic acids is 1. The number of amides is 1. The van der Waals surface area contributed by atoms with Crippen molar-refractivity contribution >= 4 is 11.9 Å². The van der Waals surface area contributed by atoms with Gasteiger partial charge in [-0.15, -0.1) is 0 Å². The molecule has 1 heterocycles. The van der Waals surface area contributed by atoms with Crippen molar-refractivity contribution in [3.8, 4) is 0 Å². The van der Waals surface area contributed by atoms with Gasteiger partial charge in [0.15, 0.2) is 5.96 Å². The molecule has 4 nitrogen and oxygen atoms in total. The third-order valence-electron chi connectivity index (χ3n) is 8.98. The highest BCUT2D eigenvalue weighted by molar-refractivity contribution is 6.06. The zero-order chi connectivity index (χ0) is 21.0. The van der Waals surface area contributed by atoms with E-state index >= 15 is 0 Å². The number of likely N-dealkylation sites (N-methyl/N-ethyl adjacent to an activating group) is 1. The van der Waals surface area contributed by atoms with Gasteiger partial charge in [-0.3, -0.25) is 9.69 Å². The summed E-state index contributed by atoms with van der Waals surface area (Å²) < 4.78 is 0. The van der Waals surface area contributed by atoms with Crippen LogP contribution >= 0.6 is 0 Å². The Hall–Kier alpha value is -1.06. The largest absolute Gasteiger partial charge is 0.369 e. The first-order valence-corrected chi connectivity index (χ1v) is 13.2. The maximum absolute atomic E-state index is 13.3. The summed E-state index contributed by atoms with van der Waals surface area (Å²) in [6.45, 7) is 0. The molecule has 170 valence electrons. The Morgan fingerprint density at radius 1 is 0.867 bits per heavy atom. The van der Waals surface area contributed by atoms with Crippen LogP contribution in [0.5, 0.6) is 0 Å². The van der Waals surface area contributed by atoms with Crippen molar-refractivity contribution in [2.45, 2.75) is 121 Å². The molecule has 0 aromatic rings. The minimum absolute atomic E-state index is 0.171. The maximum atomic E-state index is 13.3. The van der Waals surface area contributed by atoms with Gasteiger partial charge in [0, 0.05) is 7.05 Å². The standard InChI is InChI=1S/C26H45N3O/c1-29-24(30)26(28-25(29)27,16-15-20-9-4-2-5-10-20)19-23-14-8-13-22(18-23)17-21-11-6-3-7-12-21/h20-23H,2-19H2,1H3,(H2,27,28)/t22-,23-,26-/m1/s1. The number of hydrogen-bond acceptors (Lipinski definition) is 3. The van der Waals surface area contributed by atoms with Crippen LogP contribution in [0, 0.1) is 23.7 Å². The first-order chi connectivity index (χ1) is 14.6. The second-order valence-electron chi connectivity index (χ2n) is 11.3. The van der Waals surface area contributed by atoms with Crippen LogP contribution in [0.1, 0.15) is 116 Å². The van der Waals surface area contributed by atoms with Crippen molar-refractivity contribution in [2.24, 2.45) is 34.4 Å². The van der Waals surface area contributed by atoms with Gasteiger partial charge in [0.25, 0.3) is 5.91 Å². The van der Waals surface area contributed by atoms with E-state index in [0.29, 0.717) is 11.9 Å². The molecule has 4 aliphatic rings. The van der Waals surface area contributed by atoms with E-state index in [4.69, 9.17) is 10.7 Å². The molecular weight excluding hydrogens is 370 g/mol. The van der Waals surface area contributed by atoms with Gasteiger partial charge in [0.1, 0.15) is 5.54 Å². The van der Waals surface area contributed by atoms with Crippen LogP contribution in [0.2, 0.25) is 0 Å². The van der Waals surface area contributed by atoms with Crippen LogP contribution in [-0.4, -0.2) is 29.4 Å². The average Bonchev–Trinajstić information content (AvgIpc) is 2.98. The van der Waals surface area contributed by atoms with Crippen LogP contribution in [0.25, 0.3) is 0 Å². The Morgan fingerprint density at radius 2 is 1.47 bits per heavy atom. The number of carbonyl (C=O) groups is 1. The summed E-state index contributed by atoms with van der Waals surface area (Å²) in [5.41, 5.74) is 5.60. The molecule has 4 heteroatoms. The molecule has 0 unspecified atom stereocenters. The van der Waals surface area contributed by atoms with Crippen LogP contribution in [0.4, 0.5) is 0 Å². The minimum Gasteiger partial charge on any atom is -0.369 e. The van der Waals surface area contributed by atoms with E-state index in [9.17, 15) is 4.79 Å². The fraction of sp³-hybridized carbons (Fsp3) is 0.923. The fourth-order valence-electron chi connectivity index (χ4n) is 7.25. The fourth-order valence-corrected chi connectivity index (χ4v) is 7.25. The molecule has 0 bridgehead atoms. The summed E-state index contributed by atoms with van der Waals surface area (Å²) in [4.78, 5) is 19.8. The minimum atomic E-state index is -0.562. The van der Waals surface area contributed by atoms with Crippen LogP contribution in [-0.2, 0) is 4.79 Å². The molecule has 2 N–H and O–H groups in total. The third kappa shape index (κ3) is 5.22. The van der Waals surface area contributed by atoms with Crippen molar-refractivity contribution < 1.29 is 4.79 Å². The van der Waals surface area contributed by atoms with Crippen LogP contribution in [0.15, 0.2) is 4.99 Å². The zero-order valence-electron chi connectivity index (χ0n) is 19.4. The lowest BCUT2D eigenvalue weighted by Crippen LogP contribution is -2.44. The third-order valence-corrected chi connectivity index (χ3v) is 8.98. The highest BCUT2D eigenvalue weighted by Gasteiger charge is 2.48. The smallest absolute Gasteiger partial charge is 0.257 e. The lowest BCUT2D eigenvalue weighted by Gasteiger charge is -2.37. The lowest BCUT2D eigenvalue weighted by molar-refractivity contribution is -0.131. The van der Waals surface area contributed by atoms with E-state index in [-0.39, 0.29) is 5.91 Å². The van der Waals surface area contributed by atoms with Gasteiger partial charge in [0.05, 0.1) is 0 Å². The van der Waals surface area contributed by atoms with Crippen molar-refractivity contribution in [1.82, 2.24) is 4.90 Å². The topological polar surface area (TPSA) is 58.7 Å². The molecule has 1 aliphatic heterocycles. The molecule has 1 amide bonds. The monoisotopic (exact) mass is 415 g/mol. The van der Waals surface area contributed by atoms with Crippen LogP contribution in [0.3, 0.4) is 0 Å². The Bertz CT molecular complexity index is 605. The van der Waals surface area contributed by atoms with Crippen molar-refractivity contribution in [3.05, 3.63) is 0 Å². The Labute approximate surface area is 184 Å². The number of aliphatic imine (C=N–C) groups is 1. The van der Waals surface area contributed by atoms with Crippen molar-refractivity contribution in [1.29, 1.82) is 0 Å². The Balaban J connectivity index is 1.38. The lowest BCUT2D eigenvalue weighted by atomic mass is 9.70. The summed E-state index contributed by atoms with van der Waals surface area (Å²) >= 11 is 0. The first-order valence-electron chi connectivity index (χ1n) is 13.2. The van der Waals surface area contributed by atoms with Crippen molar-refractivity contribution in [3.63, 3.8) is 0 Å². The summed E-state index contributed by atoms with van der Waals surface area (Å²) in [7, 11) is 1.82. The second-order valence-corrected chi connectivity index (χ2v) is 11.3. The predicted molar refractivity (Wildman–Crippen MR) is 124 cm³/mol. The highest BCUT2D eigenvalue weighted by Crippen LogP contribution is 2.43. The van der Waals surface area contributed by atoms with Crippen molar-refractivity contribution in [2.75, 3.05) is 7.05 Å². The molecule has 0 aromatic heterocycles. The molecular formula is C26H45N3O. The van der Waals surface area contributed by atoms with E-state index in [1.807, 2.05) is 7.05 Å². The molecule has 3 saturated carbocycles. The average molecular weight is 416 g/mol. The van der Waals surface area contributed by atoms with E-state index in [1.165, 1.54) is 96.3 Å².